The molecule has 3 saturated heterocycles. The van der Waals surface area contributed by atoms with Crippen LogP contribution in [0, 0.1) is 0 Å². The van der Waals surface area contributed by atoms with Crippen molar-refractivity contribution in [3.63, 3.8) is 0 Å². The van der Waals surface area contributed by atoms with E-state index in [1.165, 1.54) is 19.3 Å². The molecule has 3 heterocycles. The summed E-state index contributed by atoms with van der Waals surface area (Å²) in [5, 5.41) is 9.24. The Hall–Kier alpha value is -0.200. The quantitative estimate of drug-likeness (QED) is 0.844. The number of aliphatic hydroxyl groups excluding tert-OH is 1. The molecule has 2 bridgehead atoms. The second-order valence-electron chi connectivity index (χ2n) is 8.18. The molecule has 5 fully saturated rings. The second-order valence-corrected chi connectivity index (χ2v) is 8.18. The van der Waals surface area contributed by atoms with Crippen LogP contribution in [-0.2, 0) is 18.9 Å². The minimum Gasteiger partial charge on any atom is -0.396 e. The molecule has 5 heteroatoms. The Balaban J connectivity index is 1.36. The first-order valence-electron chi connectivity index (χ1n) is 9.52. The standard InChI is InChI=1S/C18H28O5/c19-9-6-12-4-5-15-17(21-12)10-13(20-15)16-14(11-17)22-18(23-16)7-2-1-3-8-18/h12-16,19H,1-11H2/t12?,13-,14-,15?,16+,17-/m1/s1. The van der Waals surface area contributed by atoms with Gasteiger partial charge in [-0.1, -0.05) is 6.42 Å². The molecular formula is C18H28O5. The van der Waals surface area contributed by atoms with Crippen LogP contribution in [0.3, 0.4) is 0 Å². The third-order valence-electron chi connectivity index (χ3n) is 6.69. The Morgan fingerprint density at radius 1 is 0.913 bits per heavy atom. The molecule has 6 atom stereocenters. The van der Waals surface area contributed by atoms with Crippen molar-refractivity contribution in [1.82, 2.24) is 0 Å². The monoisotopic (exact) mass is 324 g/mol. The minimum absolute atomic E-state index is 0.0872. The molecule has 5 rings (SSSR count). The zero-order valence-electron chi connectivity index (χ0n) is 13.7. The second kappa shape index (κ2) is 5.40. The maximum Gasteiger partial charge on any atom is 0.169 e. The number of aliphatic hydroxyl groups is 1. The smallest absolute Gasteiger partial charge is 0.169 e. The first-order valence-corrected chi connectivity index (χ1v) is 9.52. The molecule has 0 aromatic heterocycles. The van der Waals surface area contributed by atoms with E-state index in [1.54, 1.807) is 0 Å². The van der Waals surface area contributed by atoms with E-state index >= 15 is 0 Å². The molecule has 2 aliphatic carbocycles. The van der Waals surface area contributed by atoms with Crippen LogP contribution < -0.4 is 0 Å². The summed E-state index contributed by atoms with van der Waals surface area (Å²) >= 11 is 0. The number of hydrogen-bond acceptors (Lipinski definition) is 5. The average molecular weight is 324 g/mol. The van der Waals surface area contributed by atoms with Crippen molar-refractivity contribution < 1.29 is 24.1 Å². The Kier molecular flexibility index (Phi) is 3.54. The molecule has 2 spiro atoms. The molecule has 3 aliphatic heterocycles. The van der Waals surface area contributed by atoms with Gasteiger partial charge in [-0.3, -0.25) is 0 Å². The van der Waals surface area contributed by atoms with Gasteiger partial charge in [0, 0.05) is 32.3 Å². The van der Waals surface area contributed by atoms with E-state index in [2.05, 4.69) is 0 Å². The van der Waals surface area contributed by atoms with Crippen molar-refractivity contribution in [2.45, 2.75) is 106 Å². The topological polar surface area (TPSA) is 57.2 Å². The molecule has 2 unspecified atom stereocenters. The lowest BCUT2D eigenvalue weighted by Gasteiger charge is -2.44. The zero-order valence-corrected chi connectivity index (χ0v) is 13.7. The van der Waals surface area contributed by atoms with Crippen LogP contribution in [0.1, 0.15) is 64.2 Å². The molecule has 23 heavy (non-hydrogen) atoms. The third kappa shape index (κ3) is 2.31. The van der Waals surface area contributed by atoms with E-state index in [-0.39, 0.29) is 48.5 Å². The van der Waals surface area contributed by atoms with Crippen LogP contribution in [0.25, 0.3) is 0 Å². The Morgan fingerprint density at radius 2 is 1.74 bits per heavy atom. The van der Waals surface area contributed by atoms with Crippen molar-refractivity contribution in [2.24, 2.45) is 0 Å². The van der Waals surface area contributed by atoms with Gasteiger partial charge in [0.2, 0.25) is 0 Å². The van der Waals surface area contributed by atoms with Crippen molar-refractivity contribution >= 4 is 0 Å². The van der Waals surface area contributed by atoms with E-state index in [1.807, 2.05) is 0 Å². The number of rotatable bonds is 2. The first kappa shape index (κ1) is 15.1. The molecule has 0 radical (unpaired) electrons. The van der Waals surface area contributed by atoms with Crippen molar-refractivity contribution in [3.05, 3.63) is 0 Å². The van der Waals surface area contributed by atoms with Crippen LogP contribution in [0.2, 0.25) is 0 Å². The largest absolute Gasteiger partial charge is 0.396 e. The van der Waals surface area contributed by atoms with Crippen molar-refractivity contribution in [1.29, 1.82) is 0 Å². The van der Waals surface area contributed by atoms with E-state index in [9.17, 15) is 5.11 Å². The summed E-state index contributed by atoms with van der Waals surface area (Å²) in [7, 11) is 0. The minimum atomic E-state index is -0.341. The van der Waals surface area contributed by atoms with Gasteiger partial charge in [0.1, 0.15) is 6.10 Å². The van der Waals surface area contributed by atoms with Crippen LogP contribution in [0.5, 0.6) is 0 Å². The molecule has 5 nitrogen and oxygen atoms in total. The highest BCUT2D eigenvalue weighted by Gasteiger charge is 2.65. The lowest BCUT2D eigenvalue weighted by molar-refractivity contribution is -0.216. The van der Waals surface area contributed by atoms with Gasteiger partial charge in [-0.05, 0) is 32.1 Å². The van der Waals surface area contributed by atoms with E-state index in [0.717, 1.165) is 44.9 Å². The van der Waals surface area contributed by atoms with Crippen LogP contribution in [0.15, 0.2) is 0 Å². The van der Waals surface area contributed by atoms with E-state index in [4.69, 9.17) is 18.9 Å². The highest BCUT2D eigenvalue weighted by molar-refractivity contribution is 5.12. The summed E-state index contributed by atoms with van der Waals surface area (Å²) in [6, 6.07) is 0. The summed E-state index contributed by atoms with van der Waals surface area (Å²) in [5.41, 5.74) is -0.201. The third-order valence-corrected chi connectivity index (χ3v) is 6.69. The van der Waals surface area contributed by atoms with Gasteiger partial charge in [0.15, 0.2) is 5.79 Å². The maximum absolute atomic E-state index is 9.24. The fourth-order valence-electron chi connectivity index (χ4n) is 5.68. The Bertz CT molecular complexity index is 462. The molecule has 5 aliphatic rings. The molecule has 130 valence electrons. The first-order chi connectivity index (χ1) is 11.2. The fraction of sp³-hybridized carbons (Fsp3) is 1.00. The summed E-state index contributed by atoms with van der Waals surface area (Å²) in [6.45, 7) is 0.199. The van der Waals surface area contributed by atoms with Gasteiger partial charge in [-0.25, -0.2) is 0 Å². The lowest BCUT2D eigenvalue weighted by atomic mass is 9.76. The van der Waals surface area contributed by atoms with Gasteiger partial charge in [0.25, 0.3) is 0 Å². The fourth-order valence-corrected chi connectivity index (χ4v) is 5.68. The average Bonchev–Trinajstić information content (AvgIpc) is 3.04. The predicted octanol–water partition coefficient (Wildman–Crippen LogP) is 2.29. The molecule has 0 aromatic rings. The van der Waals surface area contributed by atoms with Crippen molar-refractivity contribution in [3.8, 4) is 0 Å². The van der Waals surface area contributed by atoms with Crippen LogP contribution in [0.4, 0.5) is 0 Å². The SMILES string of the molecule is OCCC1CCC2O[C@@H]3C[C@]2(C[C@H]2OC4(CCCCC4)O[C@@H]32)O1. The summed E-state index contributed by atoms with van der Waals surface area (Å²) in [6.07, 6.45) is 11.0. The molecule has 1 N–H and O–H groups in total. The summed E-state index contributed by atoms with van der Waals surface area (Å²) in [4.78, 5) is 0. The molecule has 0 aromatic carbocycles. The number of fused-ring (bicyclic) bond motifs is 3. The van der Waals surface area contributed by atoms with Crippen molar-refractivity contribution in [2.75, 3.05) is 6.61 Å². The molecular weight excluding hydrogens is 296 g/mol. The Morgan fingerprint density at radius 3 is 2.57 bits per heavy atom. The summed E-state index contributed by atoms with van der Waals surface area (Å²) in [5.74, 6) is -0.341. The maximum atomic E-state index is 9.24. The predicted molar refractivity (Wildman–Crippen MR) is 82.0 cm³/mol. The zero-order chi connectivity index (χ0) is 15.5. The number of hydrogen-bond donors (Lipinski definition) is 1. The Labute approximate surface area is 137 Å². The van der Waals surface area contributed by atoms with Gasteiger partial charge in [-0.15, -0.1) is 0 Å². The van der Waals surface area contributed by atoms with Gasteiger partial charge in [0.05, 0.1) is 30.0 Å². The van der Waals surface area contributed by atoms with Crippen LogP contribution in [-0.4, -0.2) is 53.6 Å². The van der Waals surface area contributed by atoms with Crippen LogP contribution >= 0.6 is 0 Å². The summed E-state index contributed by atoms with van der Waals surface area (Å²) < 4.78 is 25.8. The van der Waals surface area contributed by atoms with E-state index < -0.39 is 0 Å². The lowest BCUT2D eigenvalue weighted by Crippen LogP contribution is -2.53. The van der Waals surface area contributed by atoms with Gasteiger partial charge >= 0.3 is 0 Å². The molecule has 0 amide bonds. The number of ether oxygens (including phenoxy) is 4. The van der Waals surface area contributed by atoms with E-state index in [0.29, 0.717) is 0 Å². The van der Waals surface area contributed by atoms with Gasteiger partial charge in [-0.2, -0.15) is 0 Å². The highest BCUT2D eigenvalue weighted by Crippen LogP contribution is 2.55. The van der Waals surface area contributed by atoms with Gasteiger partial charge < -0.3 is 24.1 Å². The molecule has 2 saturated carbocycles. The normalized spacial score (nSPS) is 50.7. The highest BCUT2D eigenvalue weighted by atomic mass is 16.8.